The van der Waals surface area contributed by atoms with Crippen LogP contribution in [-0.2, 0) is 5.41 Å². The number of halogens is 1. The van der Waals surface area contributed by atoms with Crippen molar-refractivity contribution < 1.29 is 0 Å². The van der Waals surface area contributed by atoms with E-state index >= 15 is 0 Å². The standard InChI is InChI=1S/C18H21Br/c1-14(19)13-18(2,3)17-11-9-16(10-12-17)15-7-5-4-6-8-15/h4-12,14H,13H2,1-3H3. The van der Waals surface area contributed by atoms with Crippen LogP contribution in [0.3, 0.4) is 0 Å². The molecule has 0 aliphatic rings. The summed E-state index contributed by atoms with van der Waals surface area (Å²) in [6.45, 7) is 6.82. The molecule has 2 aromatic carbocycles. The van der Waals surface area contributed by atoms with Gasteiger partial charge in [0.15, 0.2) is 0 Å². The summed E-state index contributed by atoms with van der Waals surface area (Å²) in [6, 6.07) is 19.5. The Morgan fingerprint density at radius 1 is 0.895 bits per heavy atom. The largest absolute Gasteiger partial charge is 0.0893 e. The van der Waals surface area contributed by atoms with Crippen molar-refractivity contribution in [2.75, 3.05) is 0 Å². The third kappa shape index (κ3) is 3.70. The van der Waals surface area contributed by atoms with Gasteiger partial charge < -0.3 is 0 Å². The van der Waals surface area contributed by atoms with E-state index in [1.807, 2.05) is 0 Å². The van der Waals surface area contributed by atoms with Gasteiger partial charge in [0.05, 0.1) is 0 Å². The highest BCUT2D eigenvalue weighted by Crippen LogP contribution is 2.32. The first-order valence-corrected chi connectivity index (χ1v) is 7.71. The summed E-state index contributed by atoms with van der Waals surface area (Å²) in [6.07, 6.45) is 1.14. The number of hydrogen-bond donors (Lipinski definition) is 0. The fourth-order valence-corrected chi connectivity index (χ4v) is 3.37. The lowest BCUT2D eigenvalue weighted by Crippen LogP contribution is -2.20. The van der Waals surface area contributed by atoms with E-state index in [0.29, 0.717) is 4.83 Å². The van der Waals surface area contributed by atoms with Gasteiger partial charge in [0.25, 0.3) is 0 Å². The summed E-state index contributed by atoms with van der Waals surface area (Å²) in [5.74, 6) is 0. The van der Waals surface area contributed by atoms with Gasteiger partial charge in [-0.25, -0.2) is 0 Å². The van der Waals surface area contributed by atoms with Crippen LogP contribution in [0.1, 0.15) is 32.8 Å². The van der Waals surface area contributed by atoms with Crippen molar-refractivity contribution in [3.8, 4) is 11.1 Å². The molecule has 0 aliphatic heterocycles. The quantitative estimate of drug-likeness (QED) is 0.625. The second-order valence-corrected chi connectivity index (χ2v) is 7.38. The second-order valence-electron chi connectivity index (χ2n) is 5.81. The van der Waals surface area contributed by atoms with Crippen molar-refractivity contribution in [3.05, 3.63) is 60.2 Å². The van der Waals surface area contributed by atoms with Crippen LogP contribution in [0.25, 0.3) is 11.1 Å². The summed E-state index contributed by atoms with van der Waals surface area (Å²) in [4.78, 5) is 0.538. The van der Waals surface area contributed by atoms with Crippen LogP contribution in [0.5, 0.6) is 0 Å². The second kappa shape index (κ2) is 5.92. The van der Waals surface area contributed by atoms with Crippen molar-refractivity contribution in [1.82, 2.24) is 0 Å². The van der Waals surface area contributed by atoms with E-state index in [0.717, 1.165) is 6.42 Å². The maximum Gasteiger partial charge on any atom is 0.0125 e. The molecule has 2 rings (SSSR count). The van der Waals surface area contributed by atoms with Gasteiger partial charge in [-0.2, -0.15) is 0 Å². The number of benzene rings is 2. The average molecular weight is 317 g/mol. The molecule has 0 aromatic heterocycles. The van der Waals surface area contributed by atoms with Crippen molar-refractivity contribution in [2.45, 2.75) is 37.4 Å². The topological polar surface area (TPSA) is 0 Å². The molecule has 1 atom stereocenters. The van der Waals surface area contributed by atoms with Crippen LogP contribution in [0, 0.1) is 0 Å². The first kappa shape index (κ1) is 14.3. The molecule has 0 saturated heterocycles. The first-order valence-electron chi connectivity index (χ1n) is 6.79. The van der Waals surface area contributed by atoms with Crippen molar-refractivity contribution in [3.63, 3.8) is 0 Å². The van der Waals surface area contributed by atoms with E-state index in [9.17, 15) is 0 Å². The molecule has 1 heteroatoms. The van der Waals surface area contributed by atoms with Crippen LogP contribution >= 0.6 is 15.9 Å². The van der Waals surface area contributed by atoms with Crippen molar-refractivity contribution >= 4 is 15.9 Å². The number of hydrogen-bond acceptors (Lipinski definition) is 0. The first-order chi connectivity index (χ1) is 8.99. The monoisotopic (exact) mass is 316 g/mol. The highest BCUT2D eigenvalue weighted by Gasteiger charge is 2.22. The van der Waals surface area contributed by atoms with Gasteiger partial charge in [0, 0.05) is 4.83 Å². The van der Waals surface area contributed by atoms with Gasteiger partial charge >= 0.3 is 0 Å². The van der Waals surface area contributed by atoms with E-state index in [4.69, 9.17) is 0 Å². The zero-order valence-electron chi connectivity index (χ0n) is 11.9. The van der Waals surface area contributed by atoms with E-state index in [-0.39, 0.29) is 5.41 Å². The Hall–Kier alpha value is -1.08. The lowest BCUT2D eigenvalue weighted by atomic mass is 9.80. The number of rotatable bonds is 4. The van der Waals surface area contributed by atoms with E-state index in [2.05, 4.69) is 91.3 Å². The Bertz CT molecular complexity index is 509. The molecule has 0 spiro atoms. The molecule has 0 radical (unpaired) electrons. The van der Waals surface area contributed by atoms with Gasteiger partial charge in [-0.05, 0) is 28.5 Å². The predicted molar refractivity (Wildman–Crippen MR) is 87.9 cm³/mol. The molecule has 0 amide bonds. The minimum absolute atomic E-state index is 0.206. The lowest BCUT2D eigenvalue weighted by molar-refractivity contribution is 0.482. The Labute approximate surface area is 125 Å². The molecule has 2 aromatic rings. The lowest BCUT2D eigenvalue weighted by Gasteiger charge is -2.27. The Kier molecular flexibility index (Phi) is 4.46. The highest BCUT2D eigenvalue weighted by molar-refractivity contribution is 9.09. The third-order valence-electron chi connectivity index (χ3n) is 3.57. The fourth-order valence-electron chi connectivity index (χ4n) is 2.57. The molecule has 100 valence electrons. The summed E-state index contributed by atoms with van der Waals surface area (Å²) in [5.41, 5.74) is 4.17. The summed E-state index contributed by atoms with van der Waals surface area (Å²) in [5, 5.41) is 0. The average Bonchev–Trinajstić information content (AvgIpc) is 2.38. The van der Waals surface area contributed by atoms with Crippen LogP contribution in [0.4, 0.5) is 0 Å². The zero-order valence-corrected chi connectivity index (χ0v) is 13.4. The highest BCUT2D eigenvalue weighted by atomic mass is 79.9. The smallest absolute Gasteiger partial charge is 0.0125 e. The SMILES string of the molecule is CC(Br)CC(C)(C)c1ccc(-c2ccccc2)cc1. The maximum atomic E-state index is 3.66. The molecular weight excluding hydrogens is 296 g/mol. The van der Waals surface area contributed by atoms with Crippen LogP contribution < -0.4 is 0 Å². The van der Waals surface area contributed by atoms with Gasteiger partial charge in [-0.1, -0.05) is 91.3 Å². The molecular formula is C18H21Br. The molecule has 0 aliphatic carbocycles. The van der Waals surface area contributed by atoms with Gasteiger partial charge in [-0.15, -0.1) is 0 Å². The summed E-state index contributed by atoms with van der Waals surface area (Å²) >= 11 is 3.66. The van der Waals surface area contributed by atoms with Crippen LogP contribution in [-0.4, -0.2) is 4.83 Å². The molecule has 0 heterocycles. The van der Waals surface area contributed by atoms with Crippen LogP contribution in [0.2, 0.25) is 0 Å². The van der Waals surface area contributed by atoms with E-state index in [1.165, 1.54) is 16.7 Å². The Morgan fingerprint density at radius 3 is 1.95 bits per heavy atom. The molecule has 19 heavy (non-hydrogen) atoms. The van der Waals surface area contributed by atoms with E-state index in [1.54, 1.807) is 0 Å². The van der Waals surface area contributed by atoms with Gasteiger partial charge in [-0.3, -0.25) is 0 Å². The molecule has 0 bridgehead atoms. The minimum atomic E-state index is 0.206. The maximum absolute atomic E-state index is 3.66. The van der Waals surface area contributed by atoms with Crippen molar-refractivity contribution in [2.24, 2.45) is 0 Å². The van der Waals surface area contributed by atoms with E-state index < -0.39 is 0 Å². The third-order valence-corrected chi connectivity index (χ3v) is 3.89. The van der Waals surface area contributed by atoms with Crippen LogP contribution in [0.15, 0.2) is 54.6 Å². The Morgan fingerprint density at radius 2 is 1.42 bits per heavy atom. The molecule has 1 unspecified atom stereocenters. The normalized spacial score (nSPS) is 13.3. The molecule has 0 N–H and O–H groups in total. The molecule has 0 nitrogen and oxygen atoms in total. The predicted octanol–water partition coefficient (Wildman–Crippen LogP) is 5.80. The van der Waals surface area contributed by atoms with Gasteiger partial charge in [0.2, 0.25) is 0 Å². The fraction of sp³-hybridized carbons (Fsp3) is 0.333. The minimum Gasteiger partial charge on any atom is -0.0893 e. The summed E-state index contributed by atoms with van der Waals surface area (Å²) in [7, 11) is 0. The molecule has 0 saturated carbocycles. The summed E-state index contributed by atoms with van der Waals surface area (Å²) < 4.78 is 0. The molecule has 0 fully saturated rings. The van der Waals surface area contributed by atoms with Gasteiger partial charge in [0.1, 0.15) is 0 Å². The van der Waals surface area contributed by atoms with Crippen molar-refractivity contribution in [1.29, 1.82) is 0 Å². The zero-order chi connectivity index (χ0) is 13.9. The Balaban J connectivity index is 2.24. The number of alkyl halides is 1.